The quantitative estimate of drug-likeness (QED) is 0.601. The summed E-state index contributed by atoms with van der Waals surface area (Å²) in [5, 5.41) is 6.58. The van der Waals surface area contributed by atoms with Crippen molar-refractivity contribution < 1.29 is 9.47 Å². The molecule has 2 aromatic rings. The van der Waals surface area contributed by atoms with Crippen molar-refractivity contribution in [3.8, 4) is 11.6 Å². The highest BCUT2D eigenvalue weighted by Crippen LogP contribution is 2.17. The van der Waals surface area contributed by atoms with Gasteiger partial charge in [-0.25, -0.2) is 4.98 Å². The average molecular weight is 328 g/mol. The van der Waals surface area contributed by atoms with Crippen LogP contribution >= 0.6 is 0 Å². The molecule has 1 aromatic heterocycles. The van der Waals surface area contributed by atoms with Gasteiger partial charge in [-0.05, 0) is 29.7 Å². The van der Waals surface area contributed by atoms with Crippen LogP contribution in [0.5, 0.6) is 11.6 Å². The highest BCUT2D eigenvalue weighted by molar-refractivity contribution is 5.79. The van der Waals surface area contributed by atoms with Crippen LogP contribution in [0.15, 0.2) is 47.6 Å². The Bertz CT molecular complexity index is 674. The molecule has 2 rings (SSSR count). The van der Waals surface area contributed by atoms with Crippen LogP contribution in [0.25, 0.3) is 0 Å². The van der Waals surface area contributed by atoms with Crippen LogP contribution < -0.4 is 20.1 Å². The van der Waals surface area contributed by atoms with Crippen molar-refractivity contribution in [2.75, 3.05) is 27.8 Å². The standard InChI is InChI=1S/C18H24N4O2/c1-19-18(22-13-14-8-10-20-17(12-14)24-3)21-11-9-15-6-4-5-7-16(15)23-2/h4-8,10,12H,9,11,13H2,1-3H3,(H2,19,21,22). The van der Waals surface area contributed by atoms with Gasteiger partial charge in [-0.3, -0.25) is 4.99 Å². The minimum absolute atomic E-state index is 0.605. The van der Waals surface area contributed by atoms with Gasteiger partial charge in [0.2, 0.25) is 5.88 Å². The van der Waals surface area contributed by atoms with E-state index in [0.717, 1.165) is 30.2 Å². The van der Waals surface area contributed by atoms with E-state index in [1.165, 1.54) is 5.56 Å². The Morgan fingerprint density at radius 2 is 1.96 bits per heavy atom. The summed E-state index contributed by atoms with van der Waals surface area (Å²) in [4.78, 5) is 8.33. The average Bonchev–Trinajstić information content (AvgIpc) is 2.65. The third kappa shape index (κ3) is 5.15. The molecule has 1 heterocycles. The van der Waals surface area contributed by atoms with Crippen LogP contribution in [0.3, 0.4) is 0 Å². The lowest BCUT2D eigenvalue weighted by Gasteiger charge is -2.13. The number of pyridine rings is 1. The molecule has 0 saturated heterocycles. The molecule has 6 heteroatoms. The van der Waals surface area contributed by atoms with Crippen LogP contribution in [0.2, 0.25) is 0 Å². The van der Waals surface area contributed by atoms with Gasteiger partial charge in [-0.1, -0.05) is 18.2 Å². The third-order valence-electron chi connectivity index (χ3n) is 3.57. The second-order valence-corrected chi connectivity index (χ2v) is 5.12. The molecule has 0 aliphatic carbocycles. The van der Waals surface area contributed by atoms with E-state index < -0.39 is 0 Å². The van der Waals surface area contributed by atoms with Gasteiger partial charge in [0.15, 0.2) is 5.96 Å². The molecule has 0 fully saturated rings. The molecule has 0 spiro atoms. The first-order chi connectivity index (χ1) is 11.8. The van der Waals surface area contributed by atoms with E-state index in [0.29, 0.717) is 12.4 Å². The minimum Gasteiger partial charge on any atom is -0.496 e. The molecular weight excluding hydrogens is 304 g/mol. The van der Waals surface area contributed by atoms with Gasteiger partial charge in [0.25, 0.3) is 0 Å². The fourth-order valence-electron chi connectivity index (χ4n) is 2.30. The largest absolute Gasteiger partial charge is 0.496 e. The third-order valence-corrected chi connectivity index (χ3v) is 3.57. The molecule has 0 atom stereocenters. The Morgan fingerprint density at radius 1 is 1.12 bits per heavy atom. The number of hydrogen-bond acceptors (Lipinski definition) is 4. The molecule has 0 unspecified atom stereocenters. The smallest absolute Gasteiger partial charge is 0.213 e. The summed E-state index contributed by atoms with van der Waals surface area (Å²) >= 11 is 0. The highest BCUT2D eigenvalue weighted by atomic mass is 16.5. The van der Waals surface area contributed by atoms with Gasteiger partial charge in [-0.15, -0.1) is 0 Å². The lowest BCUT2D eigenvalue weighted by Crippen LogP contribution is -2.37. The maximum Gasteiger partial charge on any atom is 0.213 e. The number of rotatable bonds is 7. The Balaban J connectivity index is 1.82. The van der Waals surface area contributed by atoms with Gasteiger partial charge in [0.05, 0.1) is 14.2 Å². The minimum atomic E-state index is 0.605. The van der Waals surface area contributed by atoms with Crippen molar-refractivity contribution in [3.05, 3.63) is 53.7 Å². The van der Waals surface area contributed by atoms with Gasteiger partial charge in [0.1, 0.15) is 5.75 Å². The zero-order valence-electron chi connectivity index (χ0n) is 14.4. The topological polar surface area (TPSA) is 67.8 Å². The first-order valence-electron chi connectivity index (χ1n) is 7.82. The summed E-state index contributed by atoms with van der Waals surface area (Å²) in [6.07, 6.45) is 2.58. The fraction of sp³-hybridized carbons (Fsp3) is 0.333. The molecule has 2 N–H and O–H groups in total. The van der Waals surface area contributed by atoms with Crippen molar-refractivity contribution in [2.24, 2.45) is 4.99 Å². The predicted octanol–water partition coefficient (Wildman–Crippen LogP) is 2.01. The van der Waals surface area contributed by atoms with E-state index >= 15 is 0 Å². The summed E-state index contributed by atoms with van der Waals surface area (Å²) in [6.45, 7) is 1.41. The lowest BCUT2D eigenvalue weighted by molar-refractivity contribution is 0.397. The van der Waals surface area contributed by atoms with E-state index in [9.17, 15) is 0 Å². The van der Waals surface area contributed by atoms with E-state index in [2.05, 4.69) is 26.7 Å². The van der Waals surface area contributed by atoms with E-state index in [1.54, 1.807) is 27.5 Å². The zero-order valence-corrected chi connectivity index (χ0v) is 14.4. The Morgan fingerprint density at radius 3 is 2.71 bits per heavy atom. The number of para-hydroxylation sites is 1. The second kappa shape index (κ2) is 9.39. The number of nitrogens with zero attached hydrogens (tertiary/aromatic N) is 2. The van der Waals surface area contributed by atoms with Crippen LogP contribution in [0, 0.1) is 0 Å². The molecule has 6 nitrogen and oxygen atoms in total. The number of guanidine groups is 1. The summed E-state index contributed by atoms with van der Waals surface area (Å²) in [6, 6.07) is 11.9. The predicted molar refractivity (Wildman–Crippen MR) is 95.7 cm³/mol. The molecule has 0 aliphatic rings. The molecular formula is C18H24N4O2. The molecule has 24 heavy (non-hydrogen) atoms. The summed E-state index contributed by atoms with van der Waals surface area (Å²) in [7, 11) is 5.05. The number of benzene rings is 1. The van der Waals surface area contributed by atoms with Crippen LogP contribution in [0.4, 0.5) is 0 Å². The maximum atomic E-state index is 5.36. The number of aliphatic imine (C=N–C) groups is 1. The molecule has 1 aromatic carbocycles. The van der Waals surface area contributed by atoms with Crippen molar-refractivity contribution in [1.29, 1.82) is 0 Å². The Hall–Kier alpha value is -2.76. The second-order valence-electron chi connectivity index (χ2n) is 5.12. The van der Waals surface area contributed by atoms with Gasteiger partial charge in [0, 0.05) is 32.4 Å². The van der Waals surface area contributed by atoms with E-state index in [-0.39, 0.29) is 0 Å². The number of hydrogen-bond donors (Lipinski definition) is 2. The van der Waals surface area contributed by atoms with Crippen LogP contribution in [-0.2, 0) is 13.0 Å². The number of ether oxygens (including phenoxy) is 2. The first kappa shape index (κ1) is 17.6. The van der Waals surface area contributed by atoms with Gasteiger partial charge < -0.3 is 20.1 Å². The number of methoxy groups -OCH3 is 2. The summed E-state index contributed by atoms with van der Waals surface area (Å²) in [5.41, 5.74) is 2.25. The normalized spacial score (nSPS) is 11.0. The molecule has 128 valence electrons. The molecule has 0 aliphatic heterocycles. The van der Waals surface area contributed by atoms with Gasteiger partial charge >= 0.3 is 0 Å². The zero-order chi connectivity index (χ0) is 17.2. The summed E-state index contributed by atoms with van der Waals surface area (Å²) in [5.74, 6) is 2.26. The highest BCUT2D eigenvalue weighted by Gasteiger charge is 2.03. The van der Waals surface area contributed by atoms with Crippen molar-refractivity contribution in [2.45, 2.75) is 13.0 Å². The SMILES string of the molecule is CN=C(NCCc1ccccc1OC)NCc1ccnc(OC)c1. The molecule has 0 radical (unpaired) electrons. The van der Waals surface area contributed by atoms with Crippen molar-refractivity contribution in [3.63, 3.8) is 0 Å². The van der Waals surface area contributed by atoms with E-state index in [1.807, 2.05) is 30.3 Å². The maximum absolute atomic E-state index is 5.36. The van der Waals surface area contributed by atoms with Crippen LogP contribution in [0.1, 0.15) is 11.1 Å². The Labute approximate surface area is 142 Å². The molecule has 0 saturated carbocycles. The number of nitrogens with one attached hydrogen (secondary N) is 2. The molecule has 0 bridgehead atoms. The van der Waals surface area contributed by atoms with Gasteiger partial charge in [-0.2, -0.15) is 0 Å². The van der Waals surface area contributed by atoms with Crippen molar-refractivity contribution >= 4 is 5.96 Å². The van der Waals surface area contributed by atoms with Crippen molar-refractivity contribution in [1.82, 2.24) is 15.6 Å². The fourth-order valence-corrected chi connectivity index (χ4v) is 2.30. The summed E-state index contributed by atoms with van der Waals surface area (Å²) < 4.78 is 10.5. The lowest BCUT2D eigenvalue weighted by atomic mass is 10.1. The van der Waals surface area contributed by atoms with E-state index in [4.69, 9.17) is 9.47 Å². The first-order valence-corrected chi connectivity index (χ1v) is 7.82. The van der Waals surface area contributed by atoms with Crippen LogP contribution in [-0.4, -0.2) is 38.8 Å². The molecule has 0 amide bonds. The Kier molecular flexibility index (Phi) is 6.89. The monoisotopic (exact) mass is 328 g/mol. The number of aromatic nitrogens is 1.